The molecule has 9 heteroatoms. The molecular weight excluding hydrogens is 403 g/mol. The zero-order chi connectivity index (χ0) is 20.3. The second kappa shape index (κ2) is 8.07. The molecule has 1 heterocycles. The molecule has 0 aliphatic carbocycles. The summed E-state index contributed by atoms with van der Waals surface area (Å²) >= 11 is 1.18. The molecule has 0 fully saturated rings. The number of carbonyl (C=O) groups excluding carboxylic acids is 1. The minimum absolute atomic E-state index is 0.125. The molecule has 0 atom stereocenters. The maximum atomic E-state index is 12.9. The lowest BCUT2D eigenvalue weighted by Gasteiger charge is -2.06. The normalized spacial score (nSPS) is 11.2. The van der Waals surface area contributed by atoms with Gasteiger partial charge in [-0.25, -0.2) is 17.8 Å². The molecule has 0 spiro atoms. The Bertz CT molecular complexity index is 1110. The molecule has 146 valence electrons. The van der Waals surface area contributed by atoms with E-state index < -0.39 is 9.84 Å². The smallest absolute Gasteiger partial charge is 0.267 e. The molecule has 0 aliphatic heterocycles. The fourth-order valence-electron chi connectivity index (χ4n) is 2.39. The average molecular weight is 420 g/mol. The predicted octanol–water partition coefficient (Wildman–Crippen LogP) is 3.83. The highest BCUT2D eigenvalue weighted by atomic mass is 32.2. The Kier molecular flexibility index (Phi) is 5.76. The summed E-state index contributed by atoms with van der Waals surface area (Å²) in [5.41, 5.74) is 0.921. The first kappa shape index (κ1) is 20.0. The molecule has 0 bridgehead atoms. The summed E-state index contributed by atoms with van der Waals surface area (Å²) in [7, 11) is -3.37. The van der Waals surface area contributed by atoms with Gasteiger partial charge in [0.25, 0.3) is 5.91 Å². The summed E-state index contributed by atoms with van der Waals surface area (Å²) in [6.07, 6.45) is 1.11. The van der Waals surface area contributed by atoms with Gasteiger partial charge in [-0.3, -0.25) is 4.79 Å². The Hall–Kier alpha value is -2.78. The van der Waals surface area contributed by atoms with Crippen molar-refractivity contribution < 1.29 is 22.3 Å². The van der Waals surface area contributed by atoms with Gasteiger partial charge in [-0.1, -0.05) is 6.07 Å². The molecule has 0 radical (unpaired) electrons. The van der Waals surface area contributed by atoms with Crippen molar-refractivity contribution in [3.63, 3.8) is 0 Å². The van der Waals surface area contributed by atoms with Gasteiger partial charge in [-0.15, -0.1) is 11.3 Å². The van der Waals surface area contributed by atoms with Crippen LogP contribution in [0.2, 0.25) is 0 Å². The summed E-state index contributed by atoms with van der Waals surface area (Å²) in [6.45, 7) is 1.85. The number of nitrogens with one attached hydrogen (secondary N) is 1. The number of hydrogen-bond donors (Lipinski definition) is 1. The van der Waals surface area contributed by atoms with E-state index in [1.165, 1.54) is 47.7 Å². The number of benzene rings is 2. The van der Waals surface area contributed by atoms with E-state index in [1.807, 2.05) is 0 Å². The number of amides is 1. The topological polar surface area (TPSA) is 85.4 Å². The van der Waals surface area contributed by atoms with E-state index in [0.29, 0.717) is 27.0 Å². The maximum absolute atomic E-state index is 12.9. The standard InChI is InChI=1S/C19H17FN2O4S2/c1-12-18(19(23)22-14-4-3-5-16(10-14)28(2,24)25)27-17(21-12)11-26-15-8-6-13(20)7-9-15/h3-10H,11H2,1-2H3,(H,22,23). The largest absolute Gasteiger partial charge is 0.486 e. The number of halogens is 1. The average Bonchev–Trinajstić information content (AvgIpc) is 3.02. The van der Waals surface area contributed by atoms with Crippen molar-refractivity contribution in [3.05, 3.63) is 69.9 Å². The number of hydrogen-bond acceptors (Lipinski definition) is 6. The van der Waals surface area contributed by atoms with Crippen molar-refractivity contribution in [2.45, 2.75) is 18.4 Å². The number of aromatic nitrogens is 1. The quantitative estimate of drug-likeness (QED) is 0.655. The Labute approximate surface area is 165 Å². The van der Waals surface area contributed by atoms with Crippen LogP contribution in [-0.2, 0) is 16.4 Å². The highest BCUT2D eigenvalue weighted by Gasteiger charge is 2.17. The van der Waals surface area contributed by atoms with E-state index in [0.717, 1.165) is 6.26 Å². The lowest BCUT2D eigenvalue weighted by atomic mass is 10.3. The van der Waals surface area contributed by atoms with Crippen LogP contribution in [0.4, 0.5) is 10.1 Å². The SMILES string of the molecule is Cc1nc(COc2ccc(F)cc2)sc1C(=O)Nc1cccc(S(C)(=O)=O)c1. The molecule has 1 amide bonds. The molecule has 2 aromatic carbocycles. The fourth-order valence-corrected chi connectivity index (χ4v) is 3.93. The first-order valence-corrected chi connectivity index (χ1v) is 10.9. The van der Waals surface area contributed by atoms with E-state index in [9.17, 15) is 17.6 Å². The molecule has 1 N–H and O–H groups in total. The van der Waals surface area contributed by atoms with Gasteiger partial charge >= 0.3 is 0 Å². The minimum atomic E-state index is -3.37. The van der Waals surface area contributed by atoms with Crippen LogP contribution in [-0.4, -0.2) is 25.6 Å². The second-order valence-electron chi connectivity index (χ2n) is 6.02. The maximum Gasteiger partial charge on any atom is 0.267 e. The Balaban J connectivity index is 1.70. The van der Waals surface area contributed by atoms with Gasteiger partial charge in [0, 0.05) is 11.9 Å². The first-order chi connectivity index (χ1) is 13.2. The third kappa shape index (κ3) is 4.93. The van der Waals surface area contributed by atoms with Crippen molar-refractivity contribution in [2.75, 3.05) is 11.6 Å². The van der Waals surface area contributed by atoms with Gasteiger partial charge in [0.2, 0.25) is 0 Å². The van der Waals surface area contributed by atoms with Crippen LogP contribution in [0, 0.1) is 12.7 Å². The van der Waals surface area contributed by atoms with Gasteiger partial charge in [0.1, 0.15) is 28.1 Å². The van der Waals surface area contributed by atoms with Crippen LogP contribution in [0.25, 0.3) is 0 Å². The van der Waals surface area contributed by atoms with Crippen molar-refractivity contribution in [2.24, 2.45) is 0 Å². The minimum Gasteiger partial charge on any atom is -0.486 e. The zero-order valence-corrected chi connectivity index (χ0v) is 16.7. The van der Waals surface area contributed by atoms with Crippen molar-refractivity contribution >= 4 is 32.8 Å². The highest BCUT2D eigenvalue weighted by Crippen LogP contribution is 2.23. The number of ether oxygens (including phenoxy) is 1. The first-order valence-electron chi connectivity index (χ1n) is 8.18. The zero-order valence-electron chi connectivity index (χ0n) is 15.1. The lowest BCUT2D eigenvalue weighted by molar-refractivity contribution is 0.102. The van der Waals surface area contributed by atoms with Crippen LogP contribution < -0.4 is 10.1 Å². The number of anilines is 1. The van der Waals surface area contributed by atoms with E-state index in [2.05, 4.69) is 10.3 Å². The summed E-state index contributed by atoms with van der Waals surface area (Å²) in [5, 5.41) is 3.28. The van der Waals surface area contributed by atoms with Crippen molar-refractivity contribution in [1.82, 2.24) is 4.98 Å². The summed E-state index contributed by atoms with van der Waals surface area (Å²) in [4.78, 5) is 17.4. The van der Waals surface area contributed by atoms with Gasteiger partial charge in [-0.2, -0.15) is 0 Å². The van der Waals surface area contributed by atoms with E-state index in [4.69, 9.17) is 4.74 Å². The van der Waals surface area contributed by atoms with Gasteiger partial charge in [0.15, 0.2) is 9.84 Å². The third-order valence-corrected chi connectivity index (χ3v) is 5.98. The molecule has 28 heavy (non-hydrogen) atoms. The number of thiazole rings is 1. The van der Waals surface area contributed by atoms with Gasteiger partial charge in [0.05, 0.1) is 10.6 Å². The number of nitrogens with zero attached hydrogens (tertiary/aromatic N) is 1. The van der Waals surface area contributed by atoms with Crippen LogP contribution in [0.1, 0.15) is 20.4 Å². The Morgan fingerprint density at radius 1 is 1.21 bits per heavy atom. The monoisotopic (exact) mass is 420 g/mol. The van der Waals surface area contributed by atoms with E-state index >= 15 is 0 Å². The van der Waals surface area contributed by atoms with Crippen LogP contribution in [0.15, 0.2) is 53.4 Å². The molecule has 0 aliphatic rings. The third-order valence-electron chi connectivity index (χ3n) is 3.74. The number of aryl methyl sites for hydroxylation is 1. The van der Waals surface area contributed by atoms with Gasteiger partial charge in [-0.05, 0) is 49.4 Å². The predicted molar refractivity (Wildman–Crippen MR) is 105 cm³/mol. The highest BCUT2D eigenvalue weighted by molar-refractivity contribution is 7.90. The number of sulfone groups is 1. The van der Waals surface area contributed by atoms with E-state index in [1.54, 1.807) is 19.1 Å². The Morgan fingerprint density at radius 2 is 1.93 bits per heavy atom. The summed E-state index contributed by atoms with van der Waals surface area (Å²) in [6, 6.07) is 11.7. The molecule has 3 aromatic rings. The second-order valence-corrected chi connectivity index (χ2v) is 9.12. The lowest BCUT2D eigenvalue weighted by Crippen LogP contribution is -2.12. The summed E-state index contributed by atoms with van der Waals surface area (Å²) in [5.74, 6) is -0.233. The van der Waals surface area contributed by atoms with Gasteiger partial charge < -0.3 is 10.1 Å². The number of carbonyl (C=O) groups is 1. The van der Waals surface area contributed by atoms with Crippen LogP contribution in [0.3, 0.4) is 0 Å². The molecule has 0 saturated heterocycles. The van der Waals surface area contributed by atoms with Crippen molar-refractivity contribution in [1.29, 1.82) is 0 Å². The molecule has 0 unspecified atom stereocenters. The van der Waals surface area contributed by atoms with E-state index in [-0.39, 0.29) is 23.2 Å². The number of rotatable bonds is 6. The van der Waals surface area contributed by atoms with Crippen LogP contribution in [0.5, 0.6) is 5.75 Å². The Morgan fingerprint density at radius 3 is 2.61 bits per heavy atom. The molecule has 3 rings (SSSR count). The van der Waals surface area contributed by atoms with Crippen LogP contribution >= 0.6 is 11.3 Å². The fraction of sp³-hybridized carbons (Fsp3) is 0.158. The molecular formula is C19H17FN2O4S2. The van der Waals surface area contributed by atoms with Crippen molar-refractivity contribution in [3.8, 4) is 5.75 Å². The molecule has 6 nitrogen and oxygen atoms in total. The molecule has 1 aromatic heterocycles. The molecule has 0 saturated carbocycles. The summed E-state index contributed by atoms with van der Waals surface area (Å²) < 4.78 is 41.8.